The molecule has 1 amide bonds. The smallest absolute Gasteiger partial charge is 0.213 e. The Labute approximate surface area is 125 Å². The van der Waals surface area contributed by atoms with Gasteiger partial charge in [0.2, 0.25) is 6.41 Å². The number of anilines is 1. The van der Waals surface area contributed by atoms with Crippen LogP contribution in [0.3, 0.4) is 0 Å². The summed E-state index contributed by atoms with van der Waals surface area (Å²) in [5.74, 6) is 0. The summed E-state index contributed by atoms with van der Waals surface area (Å²) in [6.07, 6.45) is 0.636. The number of aromatic nitrogens is 1. The first-order valence-corrected chi connectivity index (χ1v) is 7.25. The Balaban J connectivity index is 2.15. The Bertz CT molecular complexity index is 777. The molecule has 1 heterocycles. The molecule has 3 nitrogen and oxygen atoms in total. The molecule has 0 unspecified atom stereocenters. The summed E-state index contributed by atoms with van der Waals surface area (Å²) >= 11 is 7.75. The molecule has 3 rings (SSSR count). The number of hydrogen-bond acceptors (Lipinski definition) is 3. The summed E-state index contributed by atoms with van der Waals surface area (Å²) in [5.41, 5.74) is 4.09. The third-order valence-corrected chi connectivity index (χ3v) is 4.35. The zero-order chi connectivity index (χ0) is 14.1. The van der Waals surface area contributed by atoms with Gasteiger partial charge in [-0.15, -0.1) is 0 Å². The Morgan fingerprint density at radius 1 is 1.30 bits per heavy atom. The van der Waals surface area contributed by atoms with Crippen molar-refractivity contribution in [1.29, 1.82) is 0 Å². The van der Waals surface area contributed by atoms with E-state index in [1.807, 2.05) is 37.3 Å². The maximum Gasteiger partial charge on any atom is 0.213 e. The van der Waals surface area contributed by atoms with Crippen LogP contribution in [-0.2, 0) is 4.79 Å². The van der Waals surface area contributed by atoms with Crippen molar-refractivity contribution in [3.8, 4) is 11.1 Å². The molecule has 0 saturated carbocycles. The number of rotatable bonds is 3. The second-order valence-corrected chi connectivity index (χ2v) is 5.83. The molecule has 0 aliphatic heterocycles. The van der Waals surface area contributed by atoms with Gasteiger partial charge in [-0.05, 0) is 36.2 Å². The highest BCUT2D eigenvalue weighted by molar-refractivity contribution is 7.22. The lowest BCUT2D eigenvalue weighted by atomic mass is 10.0. The van der Waals surface area contributed by atoms with Crippen molar-refractivity contribution < 1.29 is 4.79 Å². The van der Waals surface area contributed by atoms with Crippen LogP contribution in [-0.4, -0.2) is 11.4 Å². The summed E-state index contributed by atoms with van der Waals surface area (Å²) in [6, 6.07) is 11.9. The first-order valence-electron chi connectivity index (χ1n) is 6.05. The van der Waals surface area contributed by atoms with Crippen molar-refractivity contribution in [1.82, 2.24) is 4.98 Å². The second kappa shape index (κ2) is 5.23. The second-order valence-electron chi connectivity index (χ2n) is 4.40. The lowest BCUT2D eigenvalue weighted by Gasteiger charge is -2.08. The van der Waals surface area contributed by atoms with Crippen molar-refractivity contribution in [3.05, 3.63) is 47.0 Å². The zero-order valence-electron chi connectivity index (χ0n) is 10.7. The normalized spacial score (nSPS) is 10.7. The minimum atomic E-state index is 0.600. The molecule has 0 atom stereocenters. The molecule has 0 saturated heterocycles. The third kappa shape index (κ3) is 2.28. The van der Waals surface area contributed by atoms with Gasteiger partial charge in [0, 0.05) is 10.6 Å². The van der Waals surface area contributed by atoms with Crippen molar-refractivity contribution in [2.45, 2.75) is 6.92 Å². The van der Waals surface area contributed by atoms with Crippen LogP contribution in [0.25, 0.3) is 21.3 Å². The molecule has 0 aliphatic carbocycles. The van der Waals surface area contributed by atoms with Crippen LogP contribution in [0.2, 0.25) is 5.02 Å². The molecular formula is C15H11ClN2OS. The fraction of sp³-hybridized carbons (Fsp3) is 0.0667. The number of benzene rings is 2. The number of thiazole rings is 1. The van der Waals surface area contributed by atoms with Crippen LogP contribution >= 0.6 is 22.9 Å². The summed E-state index contributed by atoms with van der Waals surface area (Å²) < 4.78 is 1.02. The van der Waals surface area contributed by atoms with E-state index in [1.165, 1.54) is 11.3 Å². The molecule has 0 bridgehead atoms. The van der Waals surface area contributed by atoms with Gasteiger partial charge >= 0.3 is 0 Å². The molecule has 0 fully saturated rings. The molecule has 2 aromatic carbocycles. The summed E-state index contributed by atoms with van der Waals surface area (Å²) in [7, 11) is 0. The highest BCUT2D eigenvalue weighted by Gasteiger charge is 2.09. The summed E-state index contributed by atoms with van der Waals surface area (Å²) in [4.78, 5) is 14.8. The fourth-order valence-corrected chi connectivity index (χ4v) is 3.38. The van der Waals surface area contributed by atoms with Gasteiger partial charge in [-0.25, -0.2) is 4.98 Å². The standard InChI is InChI=1S/C15H11ClN2OS/c1-9-3-2-4-11(16)14(9)10-5-6-12-13(7-10)20-15(18-12)17-8-19/h2-8H,1H3,(H,17,18,19). The number of nitrogens with one attached hydrogen (secondary N) is 1. The monoisotopic (exact) mass is 302 g/mol. The number of hydrogen-bond donors (Lipinski definition) is 1. The number of halogens is 1. The Kier molecular flexibility index (Phi) is 3.42. The fourth-order valence-electron chi connectivity index (χ4n) is 2.19. The van der Waals surface area contributed by atoms with E-state index < -0.39 is 0 Å². The van der Waals surface area contributed by atoms with E-state index in [2.05, 4.69) is 16.4 Å². The van der Waals surface area contributed by atoms with Crippen LogP contribution in [0.4, 0.5) is 5.13 Å². The lowest BCUT2D eigenvalue weighted by molar-refractivity contribution is -0.105. The maximum absolute atomic E-state index is 10.5. The average molecular weight is 303 g/mol. The van der Waals surface area contributed by atoms with Crippen molar-refractivity contribution >= 4 is 44.7 Å². The summed E-state index contributed by atoms with van der Waals surface area (Å²) in [6.45, 7) is 2.04. The molecular weight excluding hydrogens is 292 g/mol. The van der Waals surface area contributed by atoms with Crippen LogP contribution in [0, 0.1) is 6.92 Å². The van der Waals surface area contributed by atoms with Gasteiger partial charge in [0.25, 0.3) is 0 Å². The number of carbonyl (C=O) groups is 1. The van der Waals surface area contributed by atoms with Gasteiger partial charge in [0.05, 0.1) is 10.2 Å². The molecule has 0 aliphatic rings. The minimum absolute atomic E-state index is 0.600. The van der Waals surface area contributed by atoms with Crippen LogP contribution in [0.1, 0.15) is 5.56 Å². The van der Waals surface area contributed by atoms with Crippen LogP contribution in [0.15, 0.2) is 36.4 Å². The Morgan fingerprint density at radius 3 is 2.90 bits per heavy atom. The SMILES string of the molecule is Cc1cccc(Cl)c1-c1ccc2nc(NC=O)sc2c1. The summed E-state index contributed by atoms with van der Waals surface area (Å²) in [5, 5.41) is 3.92. The molecule has 20 heavy (non-hydrogen) atoms. The van der Waals surface area contributed by atoms with Gasteiger partial charge in [0.15, 0.2) is 5.13 Å². The minimum Gasteiger partial charge on any atom is -0.305 e. The third-order valence-electron chi connectivity index (χ3n) is 3.08. The van der Waals surface area contributed by atoms with Gasteiger partial charge in [-0.2, -0.15) is 0 Å². The highest BCUT2D eigenvalue weighted by Crippen LogP contribution is 2.35. The van der Waals surface area contributed by atoms with Crippen LogP contribution < -0.4 is 5.32 Å². The quantitative estimate of drug-likeness (QED) is 0.724. The molecule has 3 aromatic rings. The van der Waals surface area contributed by atoms with Crippen molar-refractivity contribution in [2.24, 2.45) is 0 Å². The zero-order valence-corrected chi connectivity index (χ0v) is 12.3. The molecule has 0 radical (unpaired) electrons. The van der Waals surface area contributed by atoms with Gasteiger partial charge < -0.3 is 5.32 Å². The number of amides is 1. The topological polar surface area (TPSA) is 42.0 Å². The van der Waals surface area contributed by atoms with Crippen molar-refractivity contribution in [2.75, 3.05) is 5.32 Å². The maximum atomic E-state index is 10.5. The Hall–Kier alpha value is -1.91. The first-order chi connectivity index (χ1) is 9.69. The van der Waals surface area contributed by atoms with E-state index in [0.29, 0.717) is 11.5 Å². The predicted octanol–water partition coefficient (Wildman–Crippen LogP) is 4.49. The van der Waals surface area contributed by atoms with Gasteiger partial charge in [-0.1, -0.05) is 41.1 Å². The van der Waals surface area contributed by atoms with E-state index in [-0.39, 0.29) is 0 Å². The lowest BCUT2D eigenvalue weighted by Crippen LogP contribution is -1.91. The molecule has 1 aromatic heterocycles. The van der Waals surface area contributed by atoms with E-state index in [0.717, 1.165) is 31.9 Å². The van der Waals surface area contributed by atoms with E-state index in [9.17, 15) is 4.79 Å². The Morgan fingerprint density at radius 2 is 2.15 bits per heavy atom. The molecule has 1 N–H and O–H groups in total. The number of carbonyl (C=O) groups excluding carboxylic acids is 1. The first kappa shape index (κ1) is 13.1. The number of fused-ring (bicyclic) bond motifs is 1. The van der Waals surface area contributed by atoms with Crippen LogP contribution in [0.5, 0.6) is 0 Å². The molecule has 0 spiro atoms. The average Bonchev–Trinajstić information content (AvgIpc) is 2.80. The highest BCUT2D eigenvalue weighted by atomic mass is 35.5. The number of aryl methyl sites for hydroxylation is 1. The van der Waals surface area contributed by atoms with E-state index in [1.54, 1.807) is 0 Å². The molecule has 5 heteroatoms. The van der Waals surface area contributed by atoms with Gasteiger partial charge in [0.1, 0.15) is 0 Å². The number of nitrogens with zero attached hydrogens (tertiary/aromatic N) is 1. The predicted molar refractivity (Wildman–Crippen MR) is 84.5 cm³/mol. The largest absolute Gasteiger partial charge is 0.305 e. The molecule has 100 valence electrons. The van der Waals surface area contributed by atoms with E-state index >= 15 is 0 Å². The van der Waals surface area contributed by atoms with Gasteiger partial charge in [-0.3, -0.25) is 4.79 Å². The van der Waals surface area contributed by atoms with Crippen molar-refractivity contribution in [3.63, 3.8) is 0 Å². The van der Waals surface area contributed by atoms with E-state index in [4.69, 9.17) is 11.6 Å².